The highest BCUT2D eigenvalue weighted by Crippen LogP contribution is 2.34. The Balaban J connectivity index is 1.78. The van der Waals surface area contributed by atoms with Gasteiger partial charge in [-0.15, -0.1) is 10.2 Å². The third kappa shape index (κ3) is 3.28. The van der Waals surface area contributed by atoms with E-state index in [0.717, 1.165) is 37.0 Å². The van der Waals surface area contributed by atoms with Gasteiger partial charge in [-0.25, -0.2) is 0 Å². The summed E-state index contributed by atoms with van der Waals surface area (Å²) in [5.41, 5.74) is 3.00. The standard InChI is InChI=1S/C19H16Br2N4S/c1-19(2,13-6-8-14(20)9-7-13)17-22-23-18-25(17)24-16(11-26-18)12-4-3-5-15(21)10-12/h3-10H,11H2,1-2H3. The number of hydrogen-bond acceptors (Lipinski definition) is 4. The van der Waals surface area contributed by atoms with Crippen molar-refractivity contribution < 1.29 is 0 Å². The summed E-state index contributed by atoms with van der Waals surface area (Å²) in [7, 11) is 0. The number of nitrogens with zero attached hydrogens (tertiary/aromatic N) is 4. The zero-order valence-electron chi connectivity index (χ0n) is 14.3. The number of hydrogen-bond donors (Lipinski definition) is 0. The number of benzene rings is 2. The first-order valence-corrected chi connectivity index (χ1v) is 10.7. The molecule has 0 atom stereocenters. The van der Waals surface area contributed by atoms with Gasteiger partial charge in [0.15, 0.2) is 5.82 Å². The third-order valence-electron chi connectivity index (χ3n) is 4.45. The van der Waals surface area contributed by atoms with E-state index in [-0.39, 0.29) is 5.41 Å². The Bertz CT molecular complexity index is 993. The van der Waals surface area contributed by atoms with Crippen molar-refractivity contribution in [2.45, 2.75) is 24.4 Å². The maximum Gasteiger partial charge on any atom is 0.212 e. The minimum absolute atomic E-state index is 0.310. The van der Waals surface area contributed by atoms with E-state index >= 15 is 0 Å². The highest BCUT2D eigenvalue weighted by atomic mass is 79.9. The maximum absolute atomic E-state index is 4.88. The fraction of sp³-hybridized carbons (Fsp3) is 0.211. The summed E-state index contributed by atoms with van der Waals surface area (Å²) in [4.78, 5) is 0. The Kier molecular flexibility index (Phi) is 4.79. The summed E-state index contributed by atoms with van der Waals surface area (Å²) in [5, 5.41) is 14.6. The number of thioether (sulfide) groups is 1. The molecule has 0 aliphatic carbocycles. The van der Waals surface area contributed by atoms with E-state index in [0.29, 0.717) is 0 Å². The molecule has 0 radical (unpaired) electrons. The summed E-state index contributed by atoms with van der Waals surface area (Å²) in [6.45, 7) is 4.31. The van der Waals surface area contributed by atoms with Crippen molar-refractivity contribution >= 4 is 49.3 Å². The van der Waals surface area contributed by atoms with Gasteiger partial charge < -0.3 is 0 Å². The van der Waals surface area contributed by atoms with Crippen LogP contribution in [0, 0.1) is 0 Å². The molecule has 2 aromatic carbocycles. The molecule has 2 heterocycles. The van der Waals surface area contributed by atoms with Gasteiger partial charge in [0.05, 0.1) is 11.1 Å². The highest BCUT2D eigenvalue weighted by molar-refractivity contribution is 9.10. The Morgan fingerprint density at radius 2 is 1.77 bits per heavy atom. The highest BCUT2D eigenvalue weighted by Gasteiger charge is 2.32. The van der Waals surface area contributed by atoms with Gasteiger partial charge in [-0.05, 0) is 49.2 Å². The lowest BCUT2D eigenvalue weighted by Crippen LogP contribution is -2.25. The normalized spacial score (nSPS) is 14.1. The van der Waals surface area contributed by atoms with Crippen LogP contribution in [0.1, 0.15) is 30.8 Å². The molecule has 1 aromatic heterocycles. The van der Waals surface area contributed by atoms with E-state index in [1.54, 1.807) is 11.8 Å². The first-order valence-electron chi connectivity index (χ1n) is 8.14. The lowest BCUT2D eigenvalue weighted by Gasteiger charge is -2.25. The minimum Gasteiger partial charge on any atom is -0.190 e. The molecule has 0 spiro atoms. The third-order valence-corrected chi connectivity index (χ3v) is 6.41. The van der Waals surface area contributed by atoms with E-state index in [1.807, 2.05) is 16.8 Å². The van der Waals surface area contributed by atoms with Crippen molar-refractivity contribution in [3.63, 3.8) is 0 Å². The van der Waals surface area contributed by atoms with Gasteiger partial charge in [0.2, 0.25) is 5.16 Å². The largest absolute Gasteiger partial charge is 0.212 e. The number of rotatable bonds is 3. The van der Waals surface area contributed by atoms with E-state index in [2.05, 4.69) is 92.3 Å². The Morgan fingerprint density at radius 3 is 2.50 bits per heavy atom. The quantitative estimate of drug-likeness (QED) is 0.486. The van der Waals surface area contributed by atoms with Gasteiger partial charge in [-0.3, -0.25) is 0 Å². The van der Waals surface area contributed by atoms with Gasteiger partial charge >= 0.3 is 0 Å². The van der Waals surface area contributed by atoms with Crippen LogP contribution in [0.4, 0.5) is 0 Å². The van der Waals surface area contributed by atoms with Crippen molar-refractivity contribution in [3.8, 4) is 0 Å². The summed E-state index contributed by atoms with van der Waals surface area (Å²) >= 11 is 8.70. The average molecular weight is 492 g/mol. The SMILES string of the molecule is CC(C)(c1ccc(Br)cc1)c1nnc2n1N=C(c1cccc(Br)c1)CS2. The molecule has 0 saturated heterocycles. The lowest BCUT2D eigenvalue weighted by molar-refractivity contribution is 0.545. The molecule has 0 unspecified atom stereocenters. The van der Waals surface area contributed by atoms with Crippen LogP contribution in [0.25, 0.3) is 0 Å². The molecule has 4 rings (SSSR count). The summed E-state index contributed by atoms with van der Waals surface area (Å²) in [6.07, 6.45) is 0. The molecule has 0 saturated carbocycles. The molecule has 26 heavy (non-hydrogen) atoms. The van der Waals surface area contributed by atoms with Gasteiger partial charge in [0.25, 0.3) is 0 Å². The molecule has 0 bridgehead atoms. The zero-order valence-corrected chi connectivity index (χ0v) is 18.3. The van der Waals surface area contributed by atoms with Gasteiger partial charge in [-0.1, -0.05) is 67.9 Å². The Hall–Kier alpha value is -1.44. The van der Waals surface area contributed by atoms with Crippen LogP contribution in [-0.4, -0.2) is 26.3 Å². The second-order valence-electron chi connectivity index (χ2n) is 6.60. The molecule has 7 heteroatoms. The topological polar surface area (TPSA) is 43.1 Å². The maximum atomic E-state index is 4.88. The Morgan fingerprint density at radius 1 is 1.00 bits per heavy atom. The number of halogens is 2. The summed E-state index contributed by atoms with van der Waals surface area (Å²) < 4.78 is 4.01. The minimum atomic E-state index is -0.310. The van der Waals surface area contributed by atoms with Crippen LogP contribution < -0.4 is 0 Å². The molecule has 3 aromatic rings. The molecular weight excluding hydrogens is 476 g/mol. The molecule has 132 valence electrons. The van der Waals surface area contributed by atoms with Crippen molar-refractivity contribution in [2.24, 2.45) is 5.10 Å². The van der Waals surface area contributed by atoms with Crippen molar-refractivity contribution in [3.05, 3.63) is 74.4 Å². The Labute approximate surface area is 173 Å². The average Bonchev–Trinajstić information content (AvgIpc) is 3.06. The summed E-state index contributed by atoms with van der Waals surface area (Å²) in [5.74, 6) is 1.63. The second kappa shape index (κ2) is 6.94. The van der Waals surface area contributed by atoms with Crippen molar-refractivity contribution in [1.82, 2.24) is 14.9 Å². The first-order chi connectivity index (χ1) is 12.4. The van der Waals surface area contributed by atoms with Crippen LogP contribution in [-0.2, 0) is 5.41 Å². The number of fused-ring (bicyclic) bond motifs is 1. The van der Waals surface area contributed by atoms with Crippen LogP contribution in [0.3, 0.4) is 0 Å². The van der Waals surface area contributed by atoms with Crippen LogP contribution >= 0.6 is 43.6 Å². The molecule has 0 N–H and O–H groups in total. The van der Waals surface area contributed by atoms with Crippen LogP contribution in [0.2, 0.25) is 0 Å². The van der Waals surface area contributed by atoms with Crippen molar-refractivity contribution in [2.75, 3.05) is 5.75 Å². The molecule has 4 nitrogen and oxygen atoms in total. The molecule has 0 amide bonds. The predicted octanol–water partition coefficient (Wildman–Crippen LogP) is 5.49. The van der Waals surface area contributed by atoms with E-state index in [4.69, 9.17) is 5.10 Å². The smallest absolute Gasteiger partial charge is 0.190 e. The number of aromatic nitrogens is 3. The van der Waals surface area contributed by atoms with Crippen LogP contribution in [0.15, 0.2) is 67.7 Å². The van der Waals surface area contributed by atoms with Crippen LogP contribution in [0.5, 0.6) is 0 Å². The second-order valence-corrected chi connectivity index (χ2v) is 9.37. The first kappa shape index (κ1) is 17.9. The van der Waals surface area contributed by atoms with Gasteiger partial charge in [0.1, 0.15) is 0 Å². The lowest BCUT2D eigenvalue weighted by atomic mass is 9.84. The molecular formula is C19H16Br2N4S. The summed E-state index contributed by atoms with van der Waals surface area (Å²) in [6, 6.07) is 16.5. The van der Waals surface area contributed by atoms with E-state index in [9.17, 15) is 0 Å². The van der Waals surface area contributed by atoms with E-state index in [1.165, 1.54) is 5.56 Å². The fourth-order valence-corrected chi connectivity index (χ4v) is 4.42. The van der Waals surface area contributed by atoms with Gasteiger partial charge in [0, 0.05) is 14.7 Å². The predicted molar refractivity (Wildman–Crippen MR) is 113 cm³/mol. The molecule has 1 aliphatic rings. The van der Waals surface area contributed by atoms with E-state index < -0.39 is 0 Å². The molecule has 0 fully saturated rings. The zero-order chi connectivity index (χ0) is 18.3. The monoisotopic (exact) mass is 490 g/mol. The van der Waals surface area contributed by atoms with Gasteiger partial charge in [-0.2, -0.15) is 9.78 Å². The molecule has 1 aliphatic heterocycles. The fourth-order valence-electron chi connectivity index (χ4n) is 2.92. The van der Waals surface area contributed by atoms with Crippen molar-refractivity contribution in [1.29, 1.82) is 0 Å².